The standard InChI is InChI=1S/C12H13F3N2O2/c13-12(14,15)10-7-17(5-4-16-10)9-3-1-2-8(6-9)11(18)19/h1-3,6,10,16H,4-5,7H2,(H,18,19). The number of aromatic carboxylic acids is 1. The maximum absolute atomic E-state index is 12.7. The van der Waals surface area contributed by atoms with Gasteiger partial charge in [-0.3, -0.25) is 0 Å². The SMILES string of the molecule is O=C(O)c1cccc(N2CCNC(C(F)(F)F)C2)c1. The number of benzene rings is 1. The molecule has 1 atom stereocenters. The van der Waals surface area contributed by atoms with Crippen molar-refractivity contribution in [3.63, 3.8) is 0 Å². The number of nitrogens with zero attached hydrogens (tertiary/aromatic N) is 1. The lowest BCUT2D eigenvalue weighted by molar-refractivity contribution is -0.155. The highest BCUT2D eigenvalue weighted by molar-refractivity contribution is 5.88. The van der Waals surface area contributed by atoms with E-state index in [4.69, 9.17) is 5.11 Å². The smallest absolute Gasteiger partial charge is 0.405 e. The van der Waals surface area contributed by atoms with Gasteiger partial charge in [0, 0.05) is 25.3 Å². The summed E-state index contributed by atoms with van der Waals surface area (Å²) in [6.45, 7) is 0.406. The van der Waals surface area contributed by atoms with E-state index in [-0.39, 0.29) is 18.7 Å². The van der Waals surface area contributed by atoms with E-state index in [2.05, 4.69) is 5.32 Å². The van der Waals surface area contributed by atoms with Crippen molar-refractivity contribution >= 4 is 11.7 Å². The fourth-order valence-corrected chi connectivity index (χ4v) is 2.04. The van der Waals surface area contributed by atoms with Gasteiger partial charge in [0.2, 0.25) is 0 Å². The van der Waals surface area contributed by atoms with Gasteiger partial charge >= 0.3 is 12.1 Å². The molecule has 104 valence electrons. The summed E-state index contributed by atoms with van der Waals surface area (Å²) in [4.78, 5) is 12.4. The second-order valence-corrected chi connectivity index (χ2v) is 4.35. The van der Waals surface area contributed by atoms with Crippen LogP contribution in [0.4, 0.5) is 18.9 Å². The summed E-state index contributed by atoms with van der Waals surface area (Å²) in [6.07, 6.45) is -4.30. The average Bonchev–Trinajstić information content (AvgIpc) is 2.38. The van der Waals surface area contributed by atoms with Crippen molar-refractivity contribution in [1.82, 2.24) is 5.32 Å². The van der Waals surface area contributed by atoms with Gasteiger partial charge in [0.25, 0.3) is 0 Å². The third-order valence-electron chi connectivity index (χ3n) is 3.03. The molecule has 1 aliphatic heterocycles. The van der Waals surface area contributed by atoms with Gasteiger partial charge in [-0.25, -0.2) is 4.79 Å². The zero-order valence-corrected chi connectivity index (χ0v) is 9.94. The molecule has 0 radical (unpaired) electrons. The molecule has 0 bridgehead atoms. The fourth-order valence-electron chi connectivity index (χ4n) is 2.04. The maximum atomic E-state index is 12.7. The third kappa shape index (κ3) is 3.17. The van der Waals surface area contributed by atoms with Crippen LogP contribution < -0.4 is 10.2 Å². The molecule has 0 aliphatic carbocycles. The van der Waals surface area contributed by atoms with E-state index in [1.54, 1.807) is 11.0 Å². The van der Waals surface area contributed by atoms with Gasteiger partial charge < -0.3 is 15.3 Å². The van der Waals surface area contributed by atoms with Crippen LogP contribution in [0, 0.1) is 0 Å². The Morgan fingerprint density at radius 2 is 2.16 bits per heavy atom. The van der Waals surface area contributed by atoms with Gasteiger partial charge in [0.05, 0.1) is 5.56 Å². The number of anilines is 1. The van der Waals surface area contributed by atoms with E-state index < -0.39 is 18.2 Å². The number of hydrogen-bond donors (Lipinski definition) is 2. The Hall–Kier alpha value is -1.76. The van der Waals surface area contributed by atoms with Crippen LogP contribution in [0.2, 0.25) is 0 Å². The van der Waals surface area contributed by atoms with Crippen LogP contribution in [0.1, 0.15) is 10.4 Å². The highest BCUT2D eigenvalue weighted by atomic mass is 19.4. The Morgan fingerprint density at radius 3 is 2.79 bits per heavy atom. The Bertz CT molecular complexity index is 476. The predicted molar refractivity (Wildman–Crippen MR) is 63.5 cm³/mol. The van der Waals surface area contributed by atoms with Crippen molar-refractivity contribution < 1.29 is 23.1 Å². The molecule has 0 aromatic heterocycles. The minimum Gasteiger partial charge on any atom is -0.478 e. The number of alkyl halides is 3. The molecule has 1 heterocycles. The molecule has 0 saturated carbocycles. The van der Waals surface area contributed by atoms with E-state index >= 15 is 0 Å². The molecule has 1 aliphatic rings. The minimum atomic E-state index is -4.30. The summed E-state index contributed by atoms with van der Waals surface area (Å²) in [5, 5.41) is 11.3. The van der Waals surface area contributed by atoms with Gasteiger partial charge in [-0.05, 0) is 18.2 Å². The number of carboxylic acid groups (broad SMARTS) is 1. The number of rotatable bonds is 2. The number of carbonyl (C=O) groups is 1. The van der Waals surface area contributed by atoms with Crippen molar-refractivity contribution in [3.05, 3.63) is 29.8 Å². The number of piperazine rings is 1. The first-order valence-corrected chi connectivity index (χ1v) is 5.76. The first-order chi connectivity index (χ1) is 8.88. The first kappa shape index (κ1) is 13.7. The van der Waals surface area contributed by atoms with Crippen LogP contribution >= 0.6 is 0 Å². The number of hydrogen-bond acceptors (Lipinski definition) is 3. The second-order valence-electron chi connectivity index (χ2n) is 4.35. The largest absolute Gasteiger partial charge is 0.478 e. The average molecular weight is 274 g/mol. The Morgan fingerprint density at radius 1 is 1.42 bits per heavy atom. The van der Waals surface area contributed by atoms with Crippen LogP contribution in [0.3, 0.4) is 0 Å². The zero-order chi connectivity index (χ0) is 14.0. The van der Waals surface area contributed by atoms with Crippen molar-refractivity contribution in [2.45, 2.75) is 12.2 Å². The molecule has 1 aromatic rings. The Kier molecular flexibility index (Phi) is 3.66. The topological polar surface area (TPSA) is 52.6 Å². The monoisotopic (exact) mass is 274 g/mol. The van der Waals surface area contributed by atoms with Crippen LogP contribution in [0.25, 0.3) is 0 Å². The van der Waals surface area contributed by atoms with Gasteiger partial charge in [0.15, 0.2) is 0 Å². The lowest BCUT2D eigenvalue weighted by Gasteiger charge is -2.36. The fraction of sp³-hybridized carbons (Fsp3) is 0.417. The summed E-state index contributed by atoms with van der Waals surface area (Å²) in [5.74, 6) is -1.09. The third-order valence-corrected chi connectivity index (χ3v) is 3.03. The van der Waals surface area contributed by atoms with E-state index in [1.807, 2.05) is 0 Å². The first-order valence-electron chi connectivity index (χ1n) is 5.76. The summed E-state index contributed by atoms with van der Waals surface area (Å²) in [6, 6.07) is 4.36. The van der Waals surface area contributed by atoms with E-state index in [1.165, 1.54) is 18.2 Å². The second kappa shape index (κ2) is 5.08. The molecule has 1 fully saturated rings. The lowest BCUT2D eigenvalue weighted by Crippen LogP contribution is -2.57. The maximum Gasteiger partial charge on any atom is 0.405 e. The normalized spacial score (nSPS) is 20.4. The van der Waals surface area contributed by atoms with Gasteiger partial charge in [-0.1, -0.05) is 6.07 Å². The minimum absolute atomic E-state index is 0.0691. The number of halogens is 3. The molecule has 4 nitrogen and oxygen atoms in total. The molecular weight excluding hydrogens is 261 g/mol. The summed E-state index contributed by atoms with van der Waals surface area (Å²) >= 11 is 0. The zero-order valence-electron chi connectivity index (χ0n) is 9.94. The molecule has 2 N–H and O–H groups in total. The quantitative estimate of drug-likeness (QED) is 0.862. The lowest BCUT2D eigenvalue weighted by atomic mass is 10.1. The Labute approximate surface area is 107 Å². The van der Waals surface area contributed by atoms with Crippen molar-refractivity contribution in [3.8, 4) is 0 Å². The predicted octanol–water partition coefficient (Wildman–Crippen LogP) is 1.73. The summed E-state index contributed by atoms with van der Waals surface area (Å²) in [7, 11) is 0. The summed E-state index contributed by atoms with van der Waals surface area (Å²) in [5.41, 5.74) is 0.565. The highest BCUT2D eigenvalue weighted by Crippen LogP contribution is 2.25. The van der Waals surface area contributed by atoms with E-state index in [9.17, 15) is 18.0 Å². The number of nitrogens with one attached hydrogen (secondary N) is 1. The molecule has 1 saturated heterocycles. The molecule has 1 unspecified atom stereocenters. The molecule has 0 amide bonds. The molecule has 1 aromatic carbocycles. The van der Waals surface area contributed by atoms with Crippen molar-refractivity contribution in [2.24, 2.45) is 0 Å². The molecule has 19 heavy (non-hydrogen) atoms. The molecular formula is C12H13F3N2O2. The molecule has 0 spiro atoms. The van der Waals surface area contributed by atoms with Gasteiger partial charge in [-0.15, -0.1) is 0 Å². The van der Waals surface area contributed by atoms with E-state index in [0.29, 0.717) is 12.2 Å². The van der Waals surface area contributed by atoms with Crippen LogP contribution in [-0.4, -0.2) is 42.9 Å². The molecule has 2 rings (SSSR count). The van der Waals surface area contributed by atoms with Crippen LogP contribution in [0.5, 0.6) is 0 Å². The number of carboxylic acids is 1. The van der Waals surface area contributed by atoms with Gasteiger partial charge in [-0.2, -0.15) is 13.2 Å². The molecule has 7 heteroatoms. The van der Waals surface area contributed by atoms with Gasteiger partial charge in [0.1, 0.15) is 6.04 Å². The van der Waals surface area contributed by atoms with Crippen molar-refractivity contribution in [2.75, 3.05) is 24.5 Å². The Balaban J connectivity index is 2.17. The van der Waals surface area contributed by atoms with Crippen LogP contribution in [0.15, 0.2) is 24.3 Å². The van der Waals surface area contributed by atoms with Crippen molar-refractivity contribution in [1.29, 1.82) is 0 Å². The van der Waals surface area contributed by atoms with E-state index in [0.717, 1.165) is 0 Å². The summed E-state index contributed by atoms with van der Waals surface area (Å²) < 4.78 is 38.0. The van der Waals surface area contributed by atoms with Crippen LogP contribution in [-0.2, 0) is 0 Å². The highest BCUT2D eigenvalue weighted by Gasteiger charge is 2.41.